The fourth-order valence-corrected chi connectivity index (χ4v) is 1.71. The largest absolute Gasteiger partial charge is 0.303 e. The Morgan fingerprint density at radius 3 is 2.92 bits per heavy atom. The Labute approximate surface area is 79.0 Å². The van der Waals surface area contributed by atoms with E-state index in [1.807, 2.05) is 12.2 Å². The highest BCUT2D eigenvalue weighted by Crippen LogP contribution is 2.28. The monoisotopic (exact) mass is 180 g/mol. The van der Waals surface area contributed by atoms with Crippen molar-refractivity contribution in [2.45, 2.75) is 32.6 Å². The summed E-state index contributed by atoms with van der Waals surface area (Å²) in [7, 11) is 0. The molecule has 0 aromatic heterocycles. The van der Waals surface area contributed by atoms with Gasteiger partial charge in [-0.3, -0.25) is 4.79 Å². The van der Waals surface area contributed by atoms with Crippen LogP contribution < -0.4 is 0 Å². The Bertz CT molecular complexity index is 218. The number of unbranched alkanes of at least 4 members (excludes halogenated alkanes) is 1. The van der Waals surface area contributed by atoms with Crippen molar-refractivity contribution in [3.05, 3.63) is 12.2 Å². The van der Waals surface area contributed by atoms with Crippen LogP contribution in [0.4, 0.5) is 0 Å². The maximum absolute atomic E-state index is 11.3. The molecule has 1 aliphatic rings. The van der Waals surface area contributed by atoms with Gasteiger partial charge in [0.25, 0.3) is 0 Å². The van der Waals surface area contributed by atoms with Crippen LogP contribution in [0.3, 0.4) is 0 Å². The summed E-state index contributed by atoms with van der Waals surface area (Å²) < 4.78 is 0. The summed E-state index contributed by atoms with van der Waals surface area (Å²) in [5.74, 6) is 0.0501. The molecule has 0 heterocycles. The predicted molar refractivity (Wildman–Crippen MR) is 51.3 cm³/mol. The Hall–Kier alpha value is -0.920. The molecule has 2 heteroatoms. The first-order valence-electron chi connectivity index (χ1n) is 4.94. The number of Topliss-reactive ketones (excluding diaryl/α,β-unsaturated/α-hetero) is 1. The molecule has 0 amide bonds. The van der Waals surface area contributed by atoms with Crippen molar-refractivity contribution in [2.24, 2.45) is 11.8 Å². The highest BCUT2D eigenvalue weighted by Gasteiger charge is 2.31. The van der Waals surface area contributed by atoms with Gasteiger partial charge < -0.3 is 4.79 Å². The maximum atomic E-state index is 11.3. The van der Waals surface area contributed by atoms with E-state index in [9.17, 15) is 9.59 Å². The van der Waals surface area contributed by atoms with Gasteiger partial charge in [0.1, 0.15) is 12.1 Å². The molecule has 1 aliphatic carbocycles. The molecule has 2 atom stereocenters. The lowest BCUT2D eigenvalue weighted by atomic mass is 9.96. The third-order valence-corrected chi connectivity index (χ3v) is 2.53. The van der Waals surface area contributed by atoms with Gasteiger partial charge in [0.2, 0.25) is 0 Å². The molecule has 0 aliphatic heterocycles. The number of ketones is 1. The van der Waals surface area contributed by atoms with Crippen molar-refractivity contribution < 1.29 is 9.59 Å². The third-order valence-electron chi connectivity index (χ3n) is 2.53. The lowest BCUT2D eigenvalue weighted by Gasteiger charge is -2.06. The summed E-state index contributed by atoms with van der Waals surface area (Å²) in [5.41, 5.74) is 0. The molecule has 72 valence electrons. The van der Waals surface area contributed by atoms with Crippen LogP contribution in [0.5, 0.6) is 0 Å². The molecule has 0 aromatic carbocycles. The zero-order valence-corrected chi connectivity index (χ0v) is 8.03. The second-order valence-electron chi connectivity index (χ2n) is 3.55. The van der Waals surface area contributed by atoms with Gasteiger partial charge in [0.05, 0.1) is 0 Å². The van der Waals surface area contributed by atoms with Crippen LogP contribution in [-0.2, 0) is 9.59 Å². The molecular formula is C11H16O2. The van der Waals surface area contributed by atoms with Crippen molar-refractivity contribution in [2.75, 3.05) is 0 Å². The maximum Gasteiger partial charge on any atom is 0.140 e. The minimum atomic E-state index is -0.121. The van der Waals surface area contributed by atoms with Crippen molar-refractivity contribution in [3.8, 4) is 0 Å². The minimum absolute atomic E-state index is 0.0550. The SMILES string of the molecule is CCCC=CC1C(=O)CCC1C=O. The molecule has 1 fully saturated rings. The van der Waals surface area contributed by atoms with E-state index >= 15 is 0 Å². The normalized spacial score (nSPS) is 28.5. The third kappa shape index (κ3) is 2.51. The molecule has 0 saturated heterocycles. The van der Waals surface area contributed by atoms with Gasteiger partial charge in [-0.25, -0.2) is 0 Å². The van der Waals surface area contributed by atoms with Crippen molar-refractivity contribution in [3.63, 3.8) is 0 Å². The second kappa shape index (κ2) is 4.95. The Morgan fingerprint density at radius 2 is 2.31 bits per heavy atom. The zero-order valence-electron chi connectivity index (χ0n) is 8.03. The lowest BCUT2D eigenvalue weighted by Crippen LogP contribution is -2.12. The molecule has 1 rings (SSSR count). The van der Waals surface area contributed by atoms with Crippen LogP contribution in [0.1, 0.15) is 32.6 Å². The van der Waals surface area contributed by atoms with Gasteiger partial charge in [0, 0.05) is 18.3 Å². The van der Waals surface area contributed by atoms with Crippen LogP contribution in [0, 0.1) is 11.8 Å². The number of hydrogen-bond donors (Lipinski definition) is 0. The van der Waals surface area contributed by atoms with E-state index in [0.29, 0.717) is 6.42 Å². The lowest BCUT2D eigenvalue weighted by molar-refractivity contribution is -0.121. The molecule has 2 unspecified atom stereocenters. The van der Waals surface area contributed by atoms with Gasteiger partial charge in [-0.05, 0) is 12.8 Å². The summed E-state index contributed by atoms with van der Waals surface area (Å²) in [5, 5.41) is 0. The van der Waals surface area contributed by atoms with Crippen molar-refractivity contribution in [1.82, 2.24) is 0 Å². The molecular weight excluding hydrogens is 164 g/mol. The van der Waals surface area contributed by atoms with Crippen molar-refractivity contribution in [1.29, 1.82) is 0 Å². The number of allylic oxidation sites excluding steroid dienone is 2. The topological polar surface area (TPSA) is 34.1 Å². The predicted octanol–water partition coefficient (Wildman–Crippen LogP) is 2.14. The first-order chi connectivity index (χ1) is 6.29. The summed E-state index contributed by atoms with van der Waals surface area (Å²) >= 11 is 0. The van der Waals surface area contributed by atoms with Gasteiger partial charge in [-0.2, -0.15) is 0 Å². The Kier molecular flexibility index (Phi) is 3.87. The first-order valence-corrected chi connectivity index (χ1v) is 4.94. The molecule has 0 spiro atoms. The molecule has 0 aromatic rings. The molecule has 0 radical (unpaired) electrons. The van der Waals surface area contributed by atoms with E-state index in [1.165, 1.54) is 0 Å². The summed E-state index contributed by atoms with van der Waals surface area (Å²) in [6.45, 7) is 2.10. The van der Waals surface area contributed by atoms with Gasteiger partial charge >= 0.3 is 0 Å². The van der Waals surface area contributed by atoms with E-state index in [-0.39, 0.29) is 17.6 Å². The second-order valence-corrected chi connectivity index (χ2v) is 3.55. The average Bonchev–Trinajstić information content (AvgIpc) is 2.48. The number of carbonyl (C=O) groups excluding carboxylic acids is 2. The van der Waals surface area contributed by atoms with Crippen LogP contribution in [0.2, 0.25) is 0 Å². The molecule has 0 N–H and O–H groups in total. The van der Waals surface area contributed by atoms with E-state index in [0.717, 1.165) is 25.5 Å². The molecule has 2 nitrogen and oxygen atoms in total. The van der Waals surface area contributed by atoms with E-state index in [2.05, 4.69) is 6.92 Å². The van der Waals surface area contributed by atoms with E-state index in [1.54, 1.807) is 0 Å². The highest BCUT2D eigenvalue weighted by atomic mass is 16.1. The molecule has 0 bridgehead atoms. The van der Waals surface area contributed by atoms with Crippen LogP contribution in [-0.4, -0.2) is 12.1 Å². The first kappa shape index (κ1) is 10.2. The molecule has 1 saturated carbocycles. The summed E-state index contributed by atoms with van der Waals surface area (Å²) in [6, 6.07) is 0. The molecule has 13 heavy (non-hydrogen) atoms. The average molecular weight is 180 g/mol. The number of hydrogen-bond acceptors (Lipinski definition) is 2. The van der Waals surface area contributed by atoms with Gasteiger partial charge in [0.15, 0.2) is 0 Å². The van der Waals surface area contributed by atoms with Crippen LogP contribution >= 0.6 is 0 Å². The fraction of sp³-hybridized carbons (Fsp3) is 0.636. The van der Waals surface area contributed by atoms with Gasteiger partial charge in [-0.1, -0.05) is 25.5 Å². The summed E-state index contributed by atoms with van der Waals surface area (Å²) in [6.07, 6.45) is 8.25. The fourth-order valence-electron chi connectivity index (χ4n) is 1.71. The standard InChI is InChI=1S/C11H16O2/c1-2-3-4-5-10-9(8-12)6-7-11(10)13/h4-5,8-10H,2-3,6-7H2,1H3. The number of rotatable bonds is 4. The van der Waals surface area contributed by atoms with Crippen molar-refractivity contribution >= 4 is 12.1 Å². The quantitative estimate of drug-likeness (QED) is 0.490. The van der Waals surface area contributed by atoms with Crippen LogP contribution in [0.25, 0.3) is 0 Å². The van der Waals surface area contributed by atoms with Gasteiger partial charge in [-0.15, -0.1) is 0 Å². The van der Waals surface area contributed by atoms with E-state index in [4.69, 9.17) is 0 Å². The Morgan fingerprint density at radius 1 is 1.54 bits per heavy atom. The van der Waals surface area contributed by atoms with Crippen LogP contribution in [0.15, 0.2) is 12.2 Å². The minimum Gasteiger partial charge on any atom is -0.303 e. The zero-order chi connectivity index (χ0) is 9.68. The smallest absolute Gasteiger partial charge is 0.140 e. The summed E-state index contributed by atoms with van der Waals surface area (Å²) in [4.78, 5) is 21.9. The highest BCUT2D eigenvalue weighted by molar-refractivity contribution is 5.88. The Balaban J connectivity index is 2.54. The van der Waals surface area contributed by atoms with E-state index < -0.39 is 0 Å². The number of carbonyl (C=O) groups is 2. The number of aldehydes is 1.